The first-order chi connectivity index (χ1) is 17.9. The molecule has 0 atom stereocenters. The van der Waals surface area contributed by atoms with E-state index in [2.05, 4.69) is 26.0 Å². The van der Waals surface area contributed by atoms with Crippen molar-refractivity contribution in [3.63, 3.8) is 0 Å². The number of unbranched alkanes of at least 4 members (excludes halogenated alkanes) is 1. The summed E-state index contributed by atoms with van der Waals surface area (Å²) in [5.41, 5.74) is 2.35. The molecular formula is C28H29F3N4O2. The van der Waals surface area contributed by atoms with Crippen LogP contribution in [-0.2, 0) is 11.3 Å². The van der Waals surface area contributed by atoms with Gasteiger partial charge in [0.15, 0.2) is 0 Å². The van der Waals surface area contributed by atoms with Gasteiger partial charge < -0.3 is 19.7 Å². The Kier molecular flexibility index (Phi) is 7.43. The van der Waals surface area contributed by atoms with Crippen molar-refractivity contribution in [1.29, 1.82) is 0 Å². The van der Waals surface area contributed by atoms with Crippen LogP contribution in [0.4, 0.5) is 19.0 Å². The molecule has 4 aromatic rings. The van der Waals surface area contributed by atoms with E-state index in [-0.39, 0.29) is 11.9 Å². The smallest absolute Gasteiger partial charge is 0.406 e. The average Bonchev–Trinajstić information content (AvgIpc) is 2.85. The number of anilines is 1. The number of nitrogens with one attached hydrogen (secondary N) is 1. The van der Waals surface area contributed by atoms with Crippen LogP contribution in [0.25, 0.3) is 21.7 Å². The van der Waals surface area contributed by atoms with Crippen LogP contribution in [0.3, 0.4) is 0 Å². The third-order valence-corrected chi connectivity index (χ3v) is 6.53. The molecule has 1 saturated heterocycles. The van der Waals surface area contributed by atoms with Crippen molar-refractivity contribution in [2.45, 2.75) is 38.8 Å². The second kappa shape index (κ2) is 10.9. The summed E-state index contributed by atoms with van der Waals surface area (Å²) >= 11 is 0. The average molecular weight is 511 g/mol. The van der Waals surface area contributed by atoms with Crippen LogP contribution in [0, 0.1) is 6.92 Å². The van der Waals surface area contributed by atoms with Gasteiger partial charge in [0.25, 0.3) is 0 Å². The van der Waals surface area contributed by atoms with E-state index in [1.54, 1.807) is 19.1 Å². The summed E-state index contributed by atoms with van der Waals surface area (Å²) in [5, 5.41) is 6.66. The lowest BCUT2D eigenvalue weighted by Crippen LogP contribution is -2.52. The van der Waals surface area contributed by atoms with E-state index < -0.39 is 6.36 Å². The molecule has 0 bridgehead atoms. The van der Waals surface area contributed by atoms with E-state index in [0.717, 1.165) is 65.5 Å². The van der Waals surface area contributed by atoms with Crippen molar-refractivity contribution in [2.75, 3.05) is 31.1 Å². The van der Waals surface area contributed by atoms with Gasteiger partial charge in [-0.25, -0.2) is 4.98 Å². The number of hydrogen-bond acceptors (Lipinski definition) is 6. The molecule has 2 aromatic heterocycles. The normalized spacial score (nSPS) is 14.3. The van der Waals surface area contributed by atoms with Crippen molar-refractivity contribution in [3.8, 4) is 5.75 Å². The van der Waals surface area contributed by atoms with Gasteiger partial charge in [0.1, 0.15) is 11.6 Å². The number of aryl methyl sites for hydroxylation is 1. The molecule has 1 N–H and O–H groups in total. The van der Waals surface area contributed by atoms with Crippen LogP contribution < -0.4 is 15.0 Å². The Balaban J connectivity index is 1.02. The highest BCUT2D eigenvalue weighted by atomic mass is 19.4. The Hall–Kier alpha value is -3.43. The summed E-state index contributed by atoms with van der Waals surface area (Å²) in [4.78, 5) is 11.5. The Labute approximate surface area is 213 Å². The molecule has 0 unspecified atom stereocenters. The number of fused-ring (bicyclic) bond motifs is 3. The number of benzene rings is 2. The topological polar surface area (TPSA) is 59.5 Å². The minimum atomic E-state index is -4.68. The zero-order chi connectivity index (χ0) is 25.8. The number of para-hydroxylation sites is 1. The van der Waals surface area contributed by atoms with Crippen molar-refractivity contribution in [3.05, 3.63) is 72.1 Å². The van der Waals surface area contributed by atoms with Crippen LogP contribution in [-0.4, -0.2) is 48.7 Å². The predicted molar refractivity (Wildman–Crippen MR) is 138 cm³/mol. The van der Waals surface area contributed by atoms with Crippen LogP contribution in [0.1, 0.15) is 24.0 Å². The van der Waals surface area contributed by atoms with Gasteiger partial charge in [-0.2, -0.15) is 0 Å². The number of pyridine rings is 2. The lowest BCUT2D eigenvalue weighted by molar-refractivity contribution is -0.274. The maximum atomic E-state index is 12.4. The first-order valence-corrected chi connectivity index (χ1v) is 12.4. The molecule has 0 spiro atoms. The fraction of sp³-hybridized carbons (Fsp3) is 0.357. The molecule has 0 amide bonds. The zero-order valence-corrected chi connectivity index (χ0v) is 20.6. The second-order valence-corrected chi connectivity index (χ2v) is 9.30. The standard InChI is InChI=1S/C28H29F3N4O2/c1-19-14-20(8-9-26(19)37-28(29,30)31)15-32-11-4-5-13-36-21-17-35(18-21)27-23-10-12-33-16-24(23)22-6-2-3-7-25(22)34-27/h2-3,6-10,12,14,16,21,32H,4-5,11,13,15,17-18H2,1H3. The number of hydrogen-bond donors (Lipinski definition) is 1. The minimum Gasteiger partial charge on any atom is -0.406 e. The van der Waals surface area contributed by atoms with E-state index in [0.29, 0.717) is 18.7 Å². The highest BCUT2D eigenvalue weighted by molar-refractivity contribution is 6.09. The molecule has 1 aliphatic heterocycles. The monoisotopic (exact) mass is 510 g/mol. The van der Waals surface area contributed by atoms with E-state index in [4.69, 9.17) is 9.72 Å². The summed E-state index contributed by atoms with van der Waals surface area (Å²) in [6.45, 7) is 5.33. The van der Waals surface area contributed by atoms with E-state index in [1.807, 2.05) is 36.7 Å². The van der Waals surface area contributed by atoms with Gasteiger partial charge in [0.2, 0.25) is 0 Å². The predicted octanol–water partition coefficient (Wildman–Crippen LogP) is 5.77. The Morgan fingerprint density at radius 2 is 1.86 bits per heavy atom. The van der Waals surface area contributed by atoms with Crippen LogP contribution in [0.2, 0.25) is 0 Å². The quantitative estimate of drug-likeness (QED) is 0.216. The first kappa shape index (κ1) is 25.2. The largest absolute Gasteiger partial charge is 0.573 e. The fourth-order valence-corrected chi connectivity index (χ4v) is 4.63. The van der Waals surface area contributed by atoms with Crippen molar-refractivity contribution < 1.29 is 22.6 Å². The van der Waals surface area contributed by atoms with E-state index >= 15 is 0 Å². The lowest BCUT2D eigenvalue weighted by atomic mass is 10.1. The Bertz CT molecular complexity index is 1370. The van der Waals surface area contributed by atoms with Gasteiger partial charge in [-0.15, -0.1) is 13.2 Å². The number of alkyl halides is 3. The van der Waals surface area contributed by atoms with Crippen molar-refractivity contribution >= 4 is 27.5 Å². The number of halogens is 3. The molecule has 0 saturated carbocycles. The van der Waals surface area contributed by atoms with Gasteiger partial charge in [-0.1, -0.05) is 30.3 Å². The Morgan fingerprint density at radius 3 is 2.68 bits per heavy atom. The molecule has 0 aliphatic carbocycles. The van der Waals surface area contributed by atoms with Gasteiger partial charge in [-0.05, 0) is 55.6 Å². The maximum Gasteiger partial charge on any atom is 0.573 e. The van der Waals surface area contributed by atoms with Crippen LogP contribution in [0.5, 0.6) is 5.75 Å². The van der Waals surface area contributed by atoms with Crippen LogP contribution >= 0.6 is 0 Å². The first-order valence-electron chi connectivity index (χ1n) is 12.4. The van der Waals surface area contributed by atoms with Crippen molar-refractivity contribution in [1.82, 2.24) is 15.3 Å². The summed E-state index contributed by atoms with van der Waals surface area (Å²) in [6, 6.07) is 14.9. The van der Waals surface area contributed by atoms with Crippen LogP contribution in [0.15, 0.2) is 60.9 Å². The van der Waals surface area contributed by atoms with Gasteiger partial charge in [0.05, 0.1) is 11.6 Å². The molecule has 1 fully saturated rings. The van der Waals surface area contributed by atoms with Gasteiger partial charge >= 0.3 is 6.36 Å². The number of aromatic nitrogens is 2. The minimum absolute atomic E-state index is 0.162. The molecule has 0 radical (unpaired) electrons. The van der Waals surface area contributed by atoms with E-state index in [9.17, 15) is 13.2 Å². The van der Waals surface area contributed by atoms with E-state index in [1.165, 1.54) is 6.07 Å². The molecule has 6 nitrogen and oxygen atoms in total. The summed E-state index contributed by atoms with van der Waals surface area (Å²) in [7, 11) is 0. The molecule has 5 rings (SSSR count). The zero-order valence-electron chi connectivity index (χ0n) is 20.6. The third kappa shape index (κ3) is 6.11. The number of rotatable bonds is 10. The Morgan fingerprint density at radius 1 is 1.03 bits per heavy atom. The molecule has 2 aromatic carbocycles. The number of nitrogens with zero attached hydrogens (tertiary/aromatic N) is 3. The maximum absolute atomic E-state index is 12.4. The highest BCUT2D eigenvalue weighted by Crippen LogP contribution is 2.33. The lowest BCUT2D eigenvalue weighted by Gasteiger charge is -2.40. The third-order valence-electron chi connectivity index (χ3n) is 6.53. The molecule has 9 heteroatoms. The van der Waals surface area contributed by atoms with Gasteiger partial charge in [-0.3, -0.25) is 4.98 Å². The summed E-state index contributed by atoms with van der Waals surface area (Å²) in [6.07, 6.45) is 1.12. The molecule has 1 aliphatic rings. The molecular weight excluding hydrogens is 481 g/mol. The van der Waals surface area contributed by atoms with Gasteiger partial charge in [0, 0.05) is 54.8 Å². The molecule has 37 heavy (non-hydrogen) atoms. The highest BCUT2D eigenvalue weighted by Gasteiger charge is 2.32. The number of ether oxygens (including phenoxy) is 2. The second-order valence-electron chi connectivity index (χ2n) is 9.30. The molecule has 3 heterocycles. The summed E-state index contributed by atoms with van der Waals surface area (Å²) < 4.78 is 47.3. The SMILES string of the molecule is Cc1cc(CNCCCCOC2CN(c3nc4ccccc4c4cnccc34)C2)ccc1OC(F)(F)F. The summed E-state index contributed by atoms with van der Waals surface area (Å²) in [5.74, 6) is 0.818. The van der Waals surface area contributed by atoms with Crippen molar-refractivity contribution in [2.24, 2.45) is 0 Å². The fourth-order valence-electron chi connectivity index (χ4n) is 4.63. The molecule has 194 valence electrons.